The highest BCUT2D eigenvalue weighted by molar-refractivity contribution is 5.55. The number of aliphatic hydroxyl groups excluding tert-OH is 1. The summed E-state index contributed by atoms with van der Waals surface area (Å²) in [6, 6.07) is 7.56. The van der Waals surface area contributed by atoms with Crippen molar-refractivity contribution in [2.75, 3.05) is 18.9 Å². The van der Waals surface area contributed by atoms with Crippen LogP contribution in [0.4, 0.5) is 5.82 Å². The molecule has 1 aliphatic heterocycles. The molecular formula is C18H21N5O3. The minimum absolute atomic E-state index is 0.0727. The molecule has 1 aliphatic rings. The van der Waals surface area contributed by atoms with E-state index in [2.05, 4.69) is 25.3 Å². The standard InChI is InChI=1S/C18H21N5O3/c1-19-16-7-4-12(9-20-16)17-21-18(26-22-17)15-3-2-8-23(15)10-13-5-6-14(11-24)25-13/h4-7,9,15,24H,2-3,8,10-11H2,1H3,(H,19,20)/t15-/m1/s1. The molecule has 136 valence electrons. The Bertz CT molecular complexity index is 858. The SMILES string of the molecule is CNc1ccc(-c2noc([C@H]3CCCN3Cc3ccc(CO)o3)n2)cn1. The number of hydrogen-bond acceptors (Lipinski definition) is 8. The van der Waals surface area contributed by atoms with Crippen LogP contribution >= 0.6 is 0 Å². The molecule has 1 saturated heterocycles. The van der Waals surface area contributed by atoms with Gasteiger partial charge in [0.05, 0.1) is 12.6 Å². The van der Waals surface area contributed by atoms with E-state index in [0.29, 0.717) is 24.0 Å². The summed E-state index contributed by atoms with van der Waals surface area (Å²) in [6.45, 7) is 1.51. The first kappa shape index (κ1) is 16.7. The fraction of sp³-hybridized carbons (Fsp3) is 0.389. The molecule has 0 amide bonds. The normalized spacial score (nSPS) is 17.7. The van der Waals surface area contributed by atoms with Crippen LogP contribution in [0.2, 0.25) is 0 Å². The zero-order valence-electron chi connectivity index (χ0n) is 14.6. The van der Waals surface area contributed by atoms with Crippen LogP contribution < -0.4 is 5.32 Å². The van der Waals surface area contributed by atoms with Gasteiger partial charge in [-0.05, 0) is 43.7 Å². The number of nitrogens with zero attached hydrogens (tertiary/aromatic N) is 4. The topological polar surface area (TPSA) is 100 Å². The van der Waals surface area contributed by atoms with E-state index in [0.717, 1.165) is 36.5 Å². The number of nitrogens with one attached hydrogen (secondary N) is 1. The molecule has 26 heavy (non-hydrogen) atoms. The van der Waals surface area contributed by atoms with Crippen molar-refractivity contribution >= 4 is 5.82 Å². The van der Waals surface area contributed by atoms with Gasteiger partial charge in [-0.3, -0.25) is 4.90 Å². The van der Waals surface area contributed by atoms with Crippen molar-refractivity contribution in [1.29, 1.82) is 0 Å². The summed E-state index contributed by atoms with van der Waals surface area (Å²) < 4.78 is 11.1. The number of anilines is 1. The zero-order valence-corrected chi connectivity index (χ0v) is 14.6. The molecule has 0 unspecified atom stereocenters. The molecule has 0 aromatic carbocycles. The fourth-order valence-electron chi connectivity index (χ4n) is 3.25. The molecule has 0 bridgehead atoms. The van der Waals surface area contributed by atoms with Gasteiger partial charge in [0.25, 0.3) is 0 Å². The molecule has 3 aromatic rings. The van der Waals surface area contributed by atoms with Crippen molar-refractivity contribution in [2.45, 2.75) is 32.0 Å². The number of furan rings is 1. The number of rotatable bonds is 6. The smallest absolute Gasteiger partial charge is 0.244 e. The summed E-state index contributed by atoms with van der Waals surface area (Å²) in [6.07, 6.45) is 3.76. The van der Waals surface area contributed by atoms with Gasteiger partial charge in [-0.25, -0.2) is 4.98 Å². The molecule has 4 heterocycles. The summed E-state index contributed by atoms with van der Waals surface area (Å²) in [5.74, 6) is 3.35. The maximum absolute atomic E-state index is 9.14. The third-order valence-corrected chi connectivity index (χ3v) is 4.60. The Labute approximate surface area is 150 Å². The molecule has 3 aromatic heterocycles. The van der Waals surface area contributed by atoms with Gasteiger partial charge in [-0.2, -0.15) is 4.98 Å². The molecule has 0 saturated carbocycles. The van der Waals surface area contributed by atoms with Crippen LogP contribution in [0.3, 0.4) is 0 Å². The maximum Gasteiger partial charge on any atom is 0.244 e. The predicted molar refractivity (Wildman–Crippen MR) is 94.1 cm³/mol. The molecule has 8 heteroatoms. The van der Waals surface area contributed by atoms with Crippen LogP contribution in [-0.2, 0) is 13.2 Å². The second-order valence-electron chi connectivity index (χ2n) is 6.29. The number of likely N-dealkylation sites (tertiary alicyclic amines) is 1. The summed E-state index contributed by atoms with van der Waals surface area (Å²) in [5.41, 5.74) is 0.821. The molecule has 4 rings (SSSR count). The van der Waals surface area contributed by atoms with Crippen molar-refractivity contribution < 1.29 is 14.0 Å². The third kappa shape index (κ3) is 3.33. The van der Waals surface area contributed by atoms with Crippen molar-refractivity contribution in [2.24, 2.45) is 0 Å². The first-order valence-electron chi connectivity index (χ1n) is 8.67. The van der Waals surface area contributed by atoms with Gasteiger partial charge in [0.15, 0.2) is 0 Å². The lowest BCUT2D eigenvalue weighted by Gasteiger charge is -2.19. The molecular weight excluding hydrogens is 334 g/mol. The van der Waals surface area contributed by atoms with E-state index in [-0.39, 0.29) is 12.6 Å². The van der Waals surface area contributed by atoms with Crippen molar-refractivity contribution in [3.63, 3.8) is 0 Å². The molecule has 2 N–H and O–H groups in total. The lowest BCUT2D eigenvalue weighted by molar-refractivity contribution is 0.182. The second kappa shape index (κ2) is 7.27. The number of hydrogen-bond donors (Lipinski definition) is 2. The van der Waals surface area contributed by atoms with E-state index in [1.165, 1.54) is 0 Å². The Kier molecular flexibility index (Phi) is 4.68. The third-order valence-electron chi connectivity index (χ3n) is 4.60. The highest BCUT2D eigenvalue weighted by Crippen LogP contribution is 2.33. The maximum atomic E-state index is 9.14. The Morgan fingerprint density at radius 2 is 2.15 bits per heavy atom. The molecule has 1 fully saturated rings. The van der Waals surface area contributed by atoms with E-state index in [1.807, 2.05) is 25.2 Å². The Morgan fingerprint density at radius 3 is 2.88 bits per heavy atom. The largest absolute Gasteiger partial charge is 0.462 e. The van der Waals surface area contributed by atoms with E-state index in [9.17, 15) is 0 Å². The minimum Gasteiger partial charge on any atom is -0.462 e. The van der Waals surface area contributed by atoms with E-state index >= 15 is 0 Å². The monoisotopic (exact) mass is 355 g/mol. The fourth-order valence-corrected chi connectivity index (χ4v) is 3.25. The zero-order chi connectivity index (χ0) is 17.9. The van der Waals surface area contributed by atoms with Gasteiger partial charge in [0, 0.05) is 18.8 Å². The number of aromatic nitrogens is 3. The van der Waals surface area contributed by atoms with Crippen LogP contribution in [-0.4, -0.2) is 38.7 Å². The van der Waals surface area contributed by atoms with Crippen LogP contribution in [0.25, 0.3) is 11.4 Å². The minimum atomic E-state index is -0.0865. The van der Waals surface area contributed by atoms with Crippen molar-refractivity contribution in [3.8, 4) is 11.4 Å². The molecule has 0 aliphatic carbocycles. The summed E-state index contributed by atoms with van der Waals surface area (Å²) in [7, 11) is 1.83. The van der Waals surface area contributed by atoms with Crippen LogP contribution in [0, 0.1) is 0 Å². The van der Waals surface area contributed by atoms with E-state index in [1.54, 1.807) is 12.3 Å². The number of aliphatic hydroxyl groups is 1. The van der Waals surface area contributed by atoms with Crippen LogP contribution in [0.15, 0.2) is 39.4 Å². The molecule has 8 nitrogen and oxygen atoms in total. The Hall–Kier alpha value is -2.71. The average Bonchev–Trinajstić information content (AvgIpc) is 3.42. The van der Waals surface area contributed by atoms with Gasteiger partial charge >= 0.3 is 0 Å². The quantitative estimate of drug-likeness (QED) is 0.696. The molecule has 0 radical (unpaired) electrons. The van der Waals surface area contributed by atoms with E-state index in [4.69, 9.17) is 14.0 Å². The number of pyridine rings is 1. The first-order chi connectivity index (χ1) is 12.8. The average molecular weight is 355 g/mol. The van der Waals surface area contributed by atoms with Gasteiger partial charge in [-0.1, -0.05) is 5.16 Å². The lowest BCUT2D eigenvalue weighted by Crippen LogP contribution is -2.22. The molecule has 0 spiro atoms. The van der Waals surface area contributed by atoms with Crippen molar-refractivity contribution in [3.05, 3.63) is 47.9 Å². The van der Waals surface area contributed by atoms with Gasteiger partial charge in [-0.15, -0.1) is 0 Å². The van der Waals surface area contributed by atoms with Crippen LogP contribution in [0.5, 0.6) is 0 Å². The van der Waals surface area contributed by atoms with Crippen LogP contribution in [0.1, 0.15) is 36.3 Å². The Balaban J connectivity index is 1.50. The summed E-state index contributed by atoms with van der Waals surface area (Å²) >= 11 is 0. The second-order valence-corrected chi connectivity index (χ2v) is 6.29. The van der Waals surface area contributed by atoms with E-state index < -0.39 is 0 Å². The van der Waals surface area contributed by atoms with Gasteiger partial charge in [0.2, 0.25) is 11.7 Å². The van der Waals surface area contributed by atoms with Crippen molar-refractivity contribution in [1.82, 2.24) is 20.0 Å². The predicted octanol–water partition coefficient (Wildman–Crippen LogP) is 2.60. The summed E-state index contributed by atoms with van der Waals surface area (Å²) in [4.78, 5) is 11.1. The lowest BCUT2D eigenvalue weighted by atomic mass is 10.2. The highest BCUT2D eigenvalue weighted by atomic mass is 16.5. The van der Waals surface area contributed by atoms with Gasteiger partial charge in [0.1, 0.15) is 23.9 Å². The molecule has 1 atom stereocenters. The first-order valence-corrected chi connectivity index (χ1v) is 8.67. The Morgan fingerprint density at radius 1 is 1.27 bits per heavy atom. The van der Waals surface area contributed by atoms with Gasteiger partial charge < -0.3 is 19.4 Å². The summed E-state index contributed by atoms with van der Waals surface area (Å²) in [5, 5.41) is 16.2. The highest BCUT2D eigenvalue weighted by Gasteiger charge is 2.31.